The summed E-state index contributed by atoms with van der Waals surface area (Å²) in [6.45, 7) is 0.596. The van der Waals surface area contributed by atoms with E-state index in [1.54, 1.807) is 0 Å². The Balaban J connectivity index is 2.13. The number of carbonyl (C=O) groups is 1. The molecule has 0 spiro atoms. The van der Waals surface area contributed by atoms with Crippen LogP contribution in [0.3, 0.4) is 0 Å². The Morgan fingerprint density at radius 1 is 1.37 bits per heavy atom. The van der Waals surface area contributed by atoms with E-state index in [2.05, 4.69) is 5.32 Å². The van der Waals surface area contributed by atoms with E-state index >= 15 is 0 Å². The minimum Gasteiger partial charge on any atom is -0.478 e. The SMILES string of the molecule is O=C(O)c1cc(F)ccc1NCC1(CO)CCCC1. The summed E-state index contributed by atoms with van der Waals surface area (Å²) < 4.78 is 13.1. The van der Waals surface area contributed by atoms with E-state index in [1.165, 1.54) is 12.1 Å². The van der Waals surface area contributed by atoms with Crippen molar-refractivity contribution in [1.29, 1.82) is 0 Å². The van der Waals surface area contributed by atoms with Crippen LogP contribution in [-0.4, -0.2) is 29.3 Å². The largest absolute Gasteiger partial charge is 0.478 e. The molecule has 1 fully saturated rings. The van der Waals surface area contributed by atoms with Gasteiger partial charge in [-0.3, -0.25) is 0 Å². The third-order valence-corrected chi connectivity index (χ3v) is 3.87. The van der Waals surface area contributed by atoms with Crippen LogP contribution in [-0.2, 0) is 0 Å². The highest BCUT2D eigenvalue weighted by Crippen LogP contribution is 2.37. The van der Waals surface area contributed by atoms with Crippen molar-refractivity contribution in [3.8, 4) is 0 Å². The van der Waals surface area contributed by atoms with Crippen molar-refractivity contribution in [1.82, 2.24) is 0 Å². The van der Waals surface area contributed by atoms with Gasteiger partial charge in [-0.05, 0) is 31.0 Å². The maximum absolute atomic E-state index is 13.1. The molecule has 0 aliphatic heterocycles. The molecule has 1 saturated carbocycles. The fraction of sp³-hybridized carbons (Fsp3) is 0.500. The van der Waals surface area contributed by atoms with E-state index in [9.17, 15) is 14.3 Å². The van der Waals surface area contributed by atoms with Gasteiger partial charge < -0.3 is 15.5 Å². The van der Waals surface area contributed by atoms with Gasteiger partial charge in [-0.15, -0.1) is 0 Å². The molecule has 0 atom stereocenters. The van der Waals surface area contributed by atoms with Gasteiger partial charge in [-0.2, -0.15) is 0 Å². The van der Waals surface area contributed by atoms with Crippen molar-refractivity contribution in [2.45, 2.75) is 25.7 Å². The fourth-order valence-electron chi connectivity index (χ4n) is 2.65. The maximum Gasteiger partial charge on any atom is 0.337 e. The molecule has 104 valence electrons. The Morgan fingerprint density at radius 3 is 2.63 bits per heavy atom. The zero-order valence-electron chi connectivity index (χ0n) is 10.7. The average molecular weight is 267 g/mol. The molecule has 0 unspecified atom stereocenters. The van der Waals surface area contributed by atoms with Gasteiger partial charge in [0.2, 0.25) is 0 Å². The lowest BCUT2D eigenvalue weighted by atomic mass is 9.87. The van der Waals surface area contributed by atoms with E-state index in [0.717, 1.165) is 31.7 Å². The number of aliphatic hydroxyl groups is 1. The highest BCUT2D eigenvalue weighted by atomic mass is 19.1. The van der Waals surface area contributed by atoms with E-state index in [-0.39, 0.29) is 17.6 Å². The van der Waals surface area contributed by atoms with Gasteiger partial charge in [0.25, 0.3) is 0 Å². The number of halogens is 1. The van der Waals surface area contributed by atoms with Gasteiger partial charge in [0, 0.05) is 17.6 Å². The Morgan fingerprint density at radius 2 is 2.05 bits per heavy atom. The number of nitrogens with one attached hydrogen (secondary N) is 1. The van der Waals surface area contributed by atoms with Crippen molar-refractivity contribution in [2.75, 3.05) is 18.5 Å². The van der Waals surface area contributed by atoms with E-state index in [4.69, 9.17) is 5.11 Å². The number of anilines is 1. The quantitative estimate of drug-likeness (QED) is 0.766. The molecule has 1 aromatic rings. The lowest BCUT2D eigenvalue weighted by molar-refractivity contribution is 0.0697. The van der Waals surface area contributed by atoms with Gasteiger partial charge in [-0.25, -0.2) is 9.18 Å². The zero-order valence-corrected chi connectivity index (χ0v) is 10.7. The van der Waals surface area contributed by atoms with Gasteiger partial charge in [0.1, 0.15) is 5.82 Å². The molecule has 0 amide bonds. The first-order valence-electron chi connectivity index (χ1n) is 6.44. The number of aliphatic hydroxyl groups excluding tert-OH is 1. The van der Waals surface area contributed by atoms with Crippen LogP contribution < -0.4 is 5.32 Å². The molecule has 0 bridgehead atoms. The maximum atomic E-state index is 13.1. The second-order valence-corrected chi connectivity index (χ2v) is 5.21. The van der Waals surface area contributed by atoms with Crippen molar-refractivity contribution >= 4 is 11.7 Å². The molecule has 0 aromatic heterocycles. The zero-order chi connectivity index (χ0) is 13.9. The Hall–Kier alpha value is -1.62. The second kappa shape index (κ2) is 5.57. The van der Waals surface area contributed by atoms with Gasteiger partial charge in [-0.1, -0.05) is 12.8 Å². The molecule has 4 nitrogen and oxygen atoms in total. The van der Waals surface area contributed by atoms with Crippen molar-refractivity contribution in [3.63, 3.8) is 0 Å². The molecule has 1 aliphatic rings. The number of benzene rings is 1. The van der Waals surface area contributed by atoms with Crippen LogP contribution in [0.15, 0.2) is 18.2 Å². The van der Waals surface area contributed by atoms with E-state index < -0.39 is 11.8 Å². The summed E-state index contributed by atoms with van der Waals surface area (Å²) in [4.78, 5) is 11.1. The smallest absolute Gasteiger partial charge is 0.337 e. The normalized spacial score (nSPS) is 17.4. The third-order valence-electron chi connectivity index (χ3n) is 3.87. The van der Waals surface area contributed by atoms with Crippen LogP contribution in [0.4, 0.5) is 10.1 Å². The first-order valence-corrected chi connectivity index (χ1v) is 6.44. The molecule has 19 heavy (non-hydrogen) atoms. The van der Waals surface area contributed by atoms with Crippen molar-refractivity contribution < 1.29 is 19.4 Å². The standard InChI is InChI=1S/C14H18FNO3/c15-10-3-4-12(11(7-10)13(18)19)16-8-14(9-17)5-1-2-6-14/h3-4,7,16-17H,1-2,5-6,8-9H2,(H,18,19). The molecule has 5 heteroatoms. The van der Waals surface area contributed by atoms with E-state index in [1.807, 2.05) is 0 Å². The van der Waals surface area contributed by atoms with Crippen molar-refractivity contribution in [3.05, 3.63) is 29.6 Å². The molecule has 0 heterocycles. The van der Waals surface area contributed by atoms with Crippen LogP contribution in [0.5, 0.6) is 0 Å². The van der Waals surface area contributed by atoms with Crippen LogP contribution in [0.1, 0.15) is 36.0 Å². The Labute approximate surface area is 111 Å². The number of aromatic carboxylic acids is 1. The molecule has 0 saturated heterocycles. The van der Waals surface area contributed by atoms with Crippen molar-refractivity contribution in [2.24, 2.45) is 5.41 Å². The third kappa shape index (κ3) is 3.04. The summed E-state index contributed by atoms with van der Waals surface area (Å²) >= 11 is 0. The summed E-state index contributed by atoms with van der Waals surface area (Å²) in [7, 11) is 0. The van der Waals surface area contributed by atoms with Crippen LogP contribution in [0.25, 0.3) is 0 Å². The predicted molar refractivity (Wildman–Crippen MR) is 69.8 cm³/mol. The highest BCUT2D eigenvalue weighted by molar-refractivity contribution is 5.94. The lowest BCUT2D eigenvalue weighted by Gasteiger charge is -2.27. The fourth-order valence-corrected chi connectivity index (χ4v) is 2.65. The number of rotatable bonds is 5. The molecule has 1 aromatic carbocycles. The number of carboxylic acid groups (broad SMARTS) is 1. The summed E-state index contributed by atoms with van der Waals surface area (Å²) in [5.41, 5.74) is 0.143. The van der Waals surface area contributed by atoms with Gasteiger partial charge in [0.15, 0.2) is 0 Å². The molecular weight excluding hydrogens is 249 g/mol. The van der Waals surface area contributed by atoms with Crippen LogP contribution >= 0.6 is 0 Å². The monoisotopic (exact) mass is 267 g/mol. The second-order valence-electron chi connectivity index (χ2n) is 5.21. The Bertz CT molecular complexity index is 470. The van der Waals surface area contributed by atoms with Crippen LogP contribution in [0.2, 0.25) is 0 Å². The molecule has 1 aliphatic carbocycles. The van der Waals surface area contributed by atoms with Gasteiger partial charge in [0.05, 0.1) is 12.2 Å². The first kappa shape index (κ1) is 13.8. The molecular formula is C14H18FNO3. The number of hydrogen-bond donors (Lipinski definition) is 3. The average Bonchev–Trinajstić information content (AvgIpc) is 2.86. The summed E-state index contributed by atoms with van der Waals surface area (Å²) in [5, 5.41) is 21.6. The summed E-state index contributed by atoms with van der Waals surface area (Å²) in [6, 6.07) is 3.67. The number of carboxylic acids is 1. The topological polar surface area (TPSA) is 69.6 Å². The Kier molecular flexibility index (Phi) is 4.04. The van der Waals surface area contributed by atoms with E-state index in [0.29, 0.717) is 12.2 Å². The highest BCUT2D eigenvalue weighted by Gasteiger charge is 2.33. The van der Waals surface area contributed by atoms with Crippen LogP contribution in [0, 0.1) is 11.2 Å². The molecule has 2 rings (SSSR count). The molecule has 3 N–H and O–H groups in total. The minimum atomic E-state index is -1.16. The number of hydrogen-bond acceptors (Lipinski definition) is 3. The first-order chi connectivity index (χ1) is 9.06. The predicted octanol–water partition coefficient (Wildman–Crippen LogP) is 2.49. The lowest BCUT2D eigenvalue weighted by Crippen LogP contribution is -2.31. The minimum absolute atomic E-state index is 0.0777. The summed E-state index contributed by atoms with van der Waals surface area (Å²) in [5.74, 6) is -1.73. The summed E-state index contributed by atoms with van der Waals surface area (Å²) in [6.07, 6.45) is 4.02. The van der Waals surface area contributed by atoms with Gasteiger partial charge >= 0.3 is 5.97 Å². The molecule has 0 radical (unpaired) electrons.